The number of esters is 1. The molecule has 1 aliphatic rings. The number of likely N-dealkylation sites (tertiary alicyclic amines) is 1. The minimum absolute atomic E-state index is 0.0240. The van der Waals surface area contributed by atoms with Crippen LogP contribution >= 0.6 is 27.3 Å². The molecule has 1 saturated heterocycles. The highest BCUT2D eigenvalue weighted by atomic mass is 79.9. The van der Waals surface area contributed by atoms with Crippen molar-refractivity contribution in [1.29, 1.82) is 0 Å². The second-order valence-corrected chi connectivity index (χ2v) is 9.09. The monoisotopic (exact) mass is 538 g/mol. The zero-order chi connectivity index (χ0) is 23.8. The Kier molecular flexibility index (Phi) is 6.50. The van der Waals surface area contributed by atoms with Gasteiger partial charge in [0.2, 0.25) is 0 Å². The van der Waals surface area contributed by atoms with E-state index in [9.17, 15) is 23.5 Å². The first-order valence-electron chi connectivity index (χ1n) is 9.69. The smallest absolute Gasteiger partial charge is 0.342 e. The number of halogens is 3. The van der Waals surface area contributed by atoms with Crippen molar-refractivity contribution in [2.75, 3.05) is 13.7 Å². The molecule has 0 aliphatic carbocycles. The Balaban J connectivity index is 1.92. The summed E-state index contributed by atoms with van der Waals surface area (Å²) in [6.07, 6.45) is 0.744. The van der Waals surface area contributed by atoms with Gasteiger partial charge in [-0.2, -0.15) is 0 Å². The Morgan fingerprint density at radius 3 is 2.73 bits per heavy atom. The number of thiazole rings is 1. The van der Waals surface area contributed by atoms with Crippen LogP contribution in [-0.2, 0) is 16.1 Å². The van der Waals surface area contributed by atoms with Crippen molar-refractivity contribution in [2.24, 2.45) is 0 Å². The van der Waals surface area contributed by atoms with Gasteiger partial charge < -0.3 is 9.84 Å². The van der Waals surface area contributed by atoms with Gasteiger partial charge in [-0.05, 0) is 6.07 Å². The van der Waals surface area contributed by atoms with Gasteiger partial charge in [-0.1, -0.05) is 34.1 Å². The zero-order valence-corrected chi connectivity index (χ0v) is 19.6. The molecule has 0 saturated carbocycles. The number of ether oxygens (including phenoxy) is 1. The Labute approximate surface area is 199 Å². The average molecular weight is 539 g/mol. The molecule has 2 aromatic heterocycles. The van der Waals surface area contributed by atoms with Crippen LogP contribution in [0.15, 0.2) is 40.3 Å². The largest absolute Gasteiger partial charge is 0.480 e. The number of alkyl halides is 2. The van der Waals surface area contributed by atoms with E-state index in [1.807, 2.05) is 0 Å². The quantitative estimate of drug-likeness (QED) is 0.467. The molecule has 4 rings (SSSR count). The van der Waals surface area contributed by atoms with E-state index in [0.29, 0.717) is 15.0 Å². The van der Waals surface area contributed by atoms with E-state index in [0.717, 1.165) is 4.90 Å². The highest BCUT2D eigenvalue weighted by Crippen LogP contribution is 2.36. The van der Waals surface area contributed by atoms with Crippen LogP contribution in [0.25, 0.3) is 22.1 Å². The van der Waals surface area contributed by atoms with E-state index < -0.39 is 36.9 Å². The van der Waals surface area contributed by atoms with Gasteiger partial charge in [0.1, 0.15) is 11.6 Å². The molecule has 1 fully saturated rings. The molecule has 8 nitrogen and oxygen atoms in total. The van der Waals surface area contributed by atoms with E-state index in [4.69, 9.17) is 4.74 Å². The van der Waals surface area contributed by atoms with Crippen LogP contribution in [0.1, 0.15) is 22.5 Å². The predicted octanol–water partition coefficient (Wildman–Crippen LogP) is 4.11. The number of carbonyl (C=O) groups excluding carboxylic acids is 1. The molecule has 0 unspecified atom stereocenters. The van der Waals surface area contributed by atoms with Crippen LogP contribution < -0.4 is 0 Å². The third-order valence-electron chi connectivity index (χ3n) is 5.13. The van der Waals surface area contributed by atoms with Gasteiger partial charge in [-0.25, -0.2) is 28.5 Å². The Morgan fingerprint density at radius 2 is 2.09 bits per heavy atom. The first-order valence-corrected chi connectivity index (χ1v) is 11.4. The third kappa shape index (κ3) is 4.77. The molecule has 3 aromatic rings. The average Bonchev–Trinajstić information content (AvgIpc) is 3.41. The lowest BCUT2D eigenvalue weighted by Crippen LogP contribution is -2.36. The number of methoxy groups -OCH3 is 1. The van der Waals surface area contributed by atoms with Crippen molar-refractivity contribution in [3.8, 4) is 22.1 Å². The molecule has 0 amide bonds. The molecule has 12 heteroatoms. The number of carboxylic acids is 1. The molecule has 33 heavy (non-hydrogen) atoms. The van der Waals surface area contributed by atoms with Crippen molar-refractivity contribution in [1.82, 2.24) is 19.9 Å². The van der Waals surface area contributed by atoms with Crippen molar-refractivity contribution in [2.45, 2.75) is 24.9 Å². The number of carbonyl (C=O) groups is 2. The van der Waals surface area contributed by atoms with Crippen LogP contribution in [0.5, 0.6) is 0 Å². The number of hydrogen-bond acceptors (Lipinski definition) is 8. The minimum Gasteiger partial charge on any atom is -0.480 e. The molecule has 1 aliphatic heterocycles. The first kappa shape index (κ1) is 23.3. The number of benzene rings is 1. The number of aromatic nitrogens is 3. The van der Waals surface area contributed by atoms with Crippen molar-refractivity contribution >= 4 is 39.2 Å². The topological polar surface area (TPSA) is 106 Å². The summed E-state index contributed by atoms with van der Waals surface area (Å²) in [6.45, 7) is -1.08. The second-order valence-electron chi connectivity index (χ2n) is 7.35. The summed E-state index contributed by atoms with van der Waals surface area (Å²) in [4.78, 5) is 38.8. The van der Waals surface area contributed by atoms with Crippen LogP contribution in [0.2, 0.25) is 0 Å². The molecule has 172 valence electrons. The molecule has 0 radical (unpaired) electrons. The standard InChI is InChI=1S/C21H17BrF2N4O4S/c1-32-20(31)15-13(9-28-10-21(23,24)8-14(28)19(29)30)26-17(18-25-6-7-33-18)27-16(15)11-4-2-3-5-12(11)22/h2-7,14H,8-10H2,1H3,(H,29,30)/t14-/m0/s1. The Bertz CT molecular complexity index is 1210. The molecule has 1 aromatic carbocycles. The molecule has 0 bridgehead atoms. The minimum atomic E-state index is -3.18. The van der Waals surface area contributed by atoms with Gasteiger partial charge in [0.05, 0.1) is 25.0 Å². The summed E-state index contributed by atoms with van der Waals surface area (Å²) >= 11 is 4.72. The highest BCUT2D eigenvalue weighted by Gasteiger charge is 2.48. The molecular formula is C21H17BrF2N4O4S. The number of rotatable bonds is 6. The third-order valence-corrected chi connectivity index (χ3v) is 6.59. The summed E-state index contributed by atoms with van der Waals surface area (Å²) in [5.41, 5.74) is 0.837. The van der Waals surface area contributed by atoms with Crippen LogP contribution in [0, 0.1) is 0 Å². The number of nitrogens with zero attached hydrogens (tertiary/aromatic N) is 4. The number of hydrogen-bond donors (Lipinski definition) is 1. The molecular weight excluding hydrogens is 522 g/mol. The fraction of sp³-hybridized carbons (Fsp3) is 0.286. The summed E-state index contributed by atoms with van der Waals surface area (Å²) in [7, 11) is 1.19. The van der Waals surface area contributed by atoms with Gasteiger partial charge >= 0.3 is 11.9 Å². The maximum atomic E-state index is 14.1. The van der Waals surface area contributed by atoms with Gasteiger partial charge in [-0.15, -0.1) is 11.3 Å². The van der Waals surface area contributed by atoms with Gasteiger partial charge in [0.15, 0.2) is 10.8 Å². The summed E-state index contributed by atoms with van der Waals surface area (Å²) < 4.78 is 33.8. The number of carboxylic acid groups (broad SMARTS) is 1. The second kappa shape index (κ2) is 9.20. The first-order chi connectivity index (χ1) is 15.7. The summed E-state index contributed by atoms with van der Waals surface area (Å²) in [5.74, 6) is -5.12. The highest BCUT2D eigenvalue weighted by molar-refractivity contribution is 9.10. The predicted molar refractivity (Wildman–Crippen MR) is 119 cm³/mol. The van der Waals surface area contributed by atoms with E-state index in [1.165, 1.54) is 18.4 Å². The normalized spacial score (nSPS) is 17.8. The summed E-state index contributed by atoms with van der Waals surface area (Å²) in [5, 5.41) is 11.7. The van der Waals surface area contributed by atoms with Crippen molar-refractivity contribution in [3.63, 3.8) is 0 Å². The van der Waals surface area contributed by atoms with E-state index >= 15 is 0 Å². The maximum Gasteiger partial charge on any atom is 0.342 e. The Morgan fingerprint density at radius 1 is 1.33 bits per heavy atom. The van der Waals surface area contributed by atoms with Gasteiger partial charge in [0, 0.05) is 34.6 Å². The molecule has 1 N–H and O–H groups in total. The van der Waals surface area contributed by atoms with Crippen LogP contribution in [0.4, 0.5) is 8.78 Å². The molecule has 0 spiro atoms. The van der Waals surface area contributed by atoms with Crippen molar-refractivity contribution in [3.05, 3.63) is 51.6 Å². The van der Waals surface area contributed by atoms with Crippen LogP contribution in [-0.4, -0.2) is 62.5 Å². The zero-order valence-electron chi connectivity index (χ0n) is 17.2. The fourth-order valence-corrected chi connectivity index (χ4v) is 4.74. The Hall–Kier alpha value is -2.83. The van der Waals surface area contributed by atoms with Crippen molar-refractivity contribution < 1.29 is 28.2 Å². The lowest BCUT2D eigenvalue weighted by Gasteiger charge is -2.22. The molecule has 1 atom stereocenters. The van der Waals surface area contributed by atoms with E-state index in [-0.39, 0.29) is 29.3 Å². The van der Waals surface area contributed by atoms with E-state index in [2.05, 4.69) is 30.9 Å². The fourth-order valence-electron chi connectivity index (χ4n) is 3.70. The maximum absolute atomic E-state index is 14.1. The number of aliphatic carboxylic acids is 1. The van der Waals surface area contributed by atoms with Gasteiger partial charge in [0.25, 0.3) is 5.92 Å². The summed E-state index contributed by atoms with van der Waals surface area (Å²) in [6, 6.07) is 5.63. The SMILES string of the molecule is COC(=O)c1c(CN2CC(F)(F)C[C@H]2C(=O)O)nc(-c2nccs2)nc1-c1ccccc1Br. The lowest BCUT2D eigenvalue weighted by atomic mass is 10.0. The molecule has 3 heterocycles. The van der Waals surface area contributed by atoms with E-state index in [1.54, 1.807) is 35.8 Å². The van der Waals surface area contributed by atoms with Gasteiger partial charge in [-0.3, -0.25) is 9.69 Å². The lowest BCUT2D eigenvalue weighted by molar-refractivity contribution is -0.142. The van der Waals surface area contributed by atoms with Crippen LogP contribution in [0.3, 0.4) is 0 Å².